The number of hydrogen-bond donors (Lipinski definition) is 1. The Balaban J connectivity index is 2.42. The van der Waals surface area contributed by atoms with Crippen LogP contribution in [0.4, 0.5) is 18.9 Å². The lowest BCUT2D eigenvalue weighted by atomic mass is 10.2. The average Bonchev–Trinajstić information content (AvgIpc) is 2.46. The summed E-state index contributed by atoms with van der Waals surface area (Å²) >= 11 is 5.47. The highest BCUT2D eigenvalue weighted by Gasteiger charge is 2.34. The zero-order valence-corrected chi connectivity index (χ0v) is 12.9. The third-order valence-corrected chi connectivity index (χ3v) is 4.54. The first kappa shape index (κ1) is 17.2. The van der Waals surface area contributed by atoms with E-state index in [1.54, 1.807) is 6.07 Å². The van der Waals surface area contributed by atoms with Gasteiger partial charge >= 0.3 is 6.18 Å². The fourth-order valence-corrected chi connectivity index (χ4v) is 3.08. The van der Waals surface area contributed by atoms with Gasteiger partial charge in [-0.15, -0.1) is 6.42 Å². The van der Waals surface area contributed by atoms with Gasteiger partial charge in [-0.2, -0.15) is 13.2 Å². The van der Waals surface area contributed by atoms with Crippen LogP contribution < -0.4 is 4.72 Å². The third kappa shape index (κ3) is 3.97. The van der Waals surface area contributed by atoms with Gasteiger partial charge in [-0.05, 0) is 36.4 Å². The van der Waals surface area contributed by atoms with E-state index in [2.05, 4.69) is 10.6 Å². The molecule has 0 aliphatic heterocycles. The molecule has 23 heavy (non-hydrogen) atoms. The van der Waals surface area contributed by atoms with Crippen molar-refractivity contribution < 1.29 is 21.6 Å². The van der Waals surface area contributed by atoms with E-state index < -0.39 is 31.7 Å². The maximum atomic E-state index is 12.8. The summed E-state index contributed by atoms with van der Waals surface area (Å²) < 4.78 is 65.1. The van der Waals surface area contributed by atoms with Crippen molar-refractivity contribution in [1.29, 1.82) is 0 Å². The van der Waals surface area contributed by atoms with E-state index in [0.29, 0.717) is 11.6 Å². The van der Waals surface area contributed by atoms with Gasteiger partial charge in [0.2, 0.25) is 0 Å². The molecule has 0 saturated heterocycles. The third-order valence-electron chi connectivity index (χ3n) is 2.83. The Labute approximate surface area is 136 Å². The van der Waals surface area contributed by atoms with E-state index in [1.165, 1.54) is 18.2 Å². The largest absolute Gasteiger partial charge is 0.417 e. The summed E-state index contributed by atoms with van der Waals surface area (Å²) in [5.41, 5.74) is -0.652. The molecule has 0 aliphatic rings. The Kier molecular flexibility index (Phi) is 4.59. The van der Waals surface area contributed by atoms with E-state index >= 15 is 0 Å². The fraction of sp³-hybridized carbons (Fsp3) is 0.0667. The van der Waals surface area contributed by atoms with Crippen molar-refractivity contribution >= 4 is 27.3 Å². The number of sulfonamides is 1. The van der Waals surface area contributed by atoms with Crippen molar-refractivity contribution in [3.8, 4) is 12.3 Å². The van der Waals surface area contributed by atoms with E-state index in [1.807, 2.05) is 0 Å². The lowest BCUT2D eigenvalue weighted by Crippen LogP contribution is -2.15. The topological polar surface area (TPSA) is 46.2 Å². The highest BCUT2D eigenvalue weighted by atomic mass is 35.5. The van der Waals surface area contributed by atoms with Crippen molar-refractivity contribution in [3.05, 3.63) is 58.6 Å². The van der Waals surface area contributed by atoms with Crippen LogP contribution in [-0.4, -0.2) is 8.42 Å². The van der Waals surface area contributed by atoms with Crippen molar-refractivity contribution in [2.24, 2.45) is 0 Å². The summed E-state index contributed by atoms with van der Waals surface area (Å²) in [6, 6.07) is 8.28. The maximum Gasteiger partial charge on any atom is 0.417 e. The summed E-state index contributed by atoms with van der Waals surface area (Å²) in [7, 11) is -4.22. The predicted octanol–water partition coefficient (Wildman–Crippen LogP) is 4.14. The highest BCUT2D eigenvalue weighted by Crippen LogP contribution is 2.36. The number of hydrogen-bond acceptors (Lipinski definition) is 2. The van der Waals surface area contributed by atoms with Gasteiger partial charge in [0, 0.05) is 5.56 Å². The number of alkyl halides is 3. The molecule has 0 aromatic heterocycles. The second kappa shape index (κ2) is 6.14. The quantitative estimate of drug-likeness (QED) is 0.837. The highest BCUT2D eigenvalue weighted by molar-refractivity contribution is 7.92. The Bertz CT molecular complexity index is 886. The molecule has 0 atom stereocenters. The Morgan fingerprint density at radius 2 is 1.83 bits per heavy atom. The number of halogens is 4. The first-order valence-corrected chi connectivity index (χ1v) is 7.96. The van der Waals surface area contributed by atoms with E-state index in [4.69, 9.17) is 18.0 Å². The minimum atomic E-state index is -4.76. The predicted molar refractivity (Wildman–Crippen MR) is 81.6 cm³/mol. The lowest BCUT2D eigenvalue weighted by Gasteiger charge is -2.12. The molecular formula is C15H9ClF3NO2S. The molecule has 2 aromatic rings. The zero-order valence-electron chi connectivity index (χ0n) is 11.4. The van der Waals surface area contributed by atoms with Crippen LogP contribution >= 0.6 is 11.6 Å². The first-order chi connectivity index (χ1) is 10.6. The lowest BCUT2D eigenvalue weighted by molar-refractivity contribution is -0.137. The Hall–Kier alpha value is -2.17. The Morgan fingerprint density at radius 3 is 2.43 bits per heavy atom. The molecule has 120 valence electrons. The van der Waals surface area contributed by atoms with Crippen LogP contribution in [0.15, 0.2) is 47.4 Å². The molecule has 8 heteroatoms. The molecule has 3 nitrogen and oxygen atoms in total. The van der Waals surface area contributed by atoms with Crippen LogP contribution in [0.3, 0.4) is 0 Å². The molecule has 0 saturated carbocycles. The van der Waals surface area contributed by atoms with E-state index in [-0.39, 0.29) is 5.69 Å². The molecule has 0 radical (unpaired) electrons. The molecule has 1 N–H and O–H groups in total. The first-order valence-electron chi connectivity index (χ1n) is 6.10. The van der Waals surface area contributed by atoms with Gasteiger partial charge in [0.25, 0.3) is 10.0 Å². The van der Waals surface area contributed by atoms with Gasteiger partial charge in [-0.1, -0.05) is 23.6 Å². The van der Waals surface area contributed by atoms with E-state index in [0.717, 1.165) is 12.1 Å². The second-order valence-corrected chi connectivity index (χ2v) is 6.56. The minimum Gasteiger partial charge on any atom is -0.280 e. The van der Waals surface area contributed by atoms with Crippen LogP contribution in [0.25, 0.3) is 0 Å². The van der Waals surface area contributed by atoms with Crippen LogP contribution in [0.5, 0.6) is 0 Å². The van der Waals surface area contributed by atoms with Crippen LogP contribution in [0, 0.1) is 12.3 Å². The number of nitrogens with one attached hydrogen (secondary N) is 1. The maximum absolute atomic E-state index is 12.8. The van der Waals surface area contributed by atoms with Gasteiger partial charge < -0.3 is 0 Å². The summed E-state index contributed by atoms with van der Waals surface area (Å²) in [5, 5.41) is -0.578. The van der Waals surface area contributed by atoms with Gasteiger partial charge in [0.15, 0.2) is 0 Å². The SMILES string of the molecule is C#Cc1cccc(NS(=O)(=O)c2ccc(Cl)c(C(F)(F)F)c2)c1. The van der Waals surface area contributed by atoms with Gasteiger partial charge in [0.1, 0.15) is 0 Å². The summed E-state index contributed by atoms with van der Waals surface area (Å²) in [5.74, 6) is 2.33. The molecular weight excluding hydrogens is 351 g/mol. The zero-order chi connectivity index (χ0) is 17.3. The molecule has 2 rings (SSSR count). The van der Waals surface area contributed by atoms with Gasteiger partial charge in [0.05, 0.1) is 21.2 Å². The standard InChI is InChI=1S/C15H9ClF3NO2S/c1-2-10-4-3-5-11(8-10)20-23(21,22)12-6-7-14(16)13(9-12)15(17,18)19/h1,3-9,20H. The average molecular weight is 360 g/mol. The number of anilines is 1. The molecule has 0 heterocycles. The van der Waals surface area contributed by atoms with Crippen molar-refractivity contribution in [2.45, 2.75) is 11.1 Å². The van der Waals surface area contributed by atoms with Crippen LogP contribution in [-0.2, 0) is 16.2 Å². The second-order valence-electron chi connectivity index (χ2n) is 4.47. The van der Waals surface area contributed by atoms with Crippen LogP contribution in [0.1, 0.15) is 11.1 Å². The number of rotatable bonds is 3. The van der Waals surface area contributed by atoms with Crippen molar-refractivity contribution in [1.82, 2.24) is 0 Å². The molecule has 0 fully saturated rings. The fourth-order valence-electron chi connectivity index (χ4n) is 1.78. The summed E-state index contributed by atoms with van der Waals surface area (Å²) in [6.45, 7) is 0. The Morgan fingerprint density at radius 1 is 1.13 bits per heavy atom. The monoisotopic (exact) mass is 359 g/mol. The van der Waals surface area contributed by atoms with E-state index in [9.17, 15) is 21.6 Å². The van der Waals surface area contributed by atoms with Gasteiger partial charge in [-0.25, -0.2) is 8.42 Å². The molecule has 0 spiro atoms. The molecule has 2 aromatic carbocycles. The smallest absolute Gasteiger partial charge is 0.280 e. The molecule has 0 aliphatic carbocycles. The van der Waals surface area contributed by atoms with Crippen molar-refractivity contribution in [3.63, 3.8) is 0 Å². The molecule has 0 unspecified atom stereocenters. The normalized spacial score (nSPS) is 11.8. The molecule has 0 amide bonds. The van der Waals surface area contributed by atoms with Gasteiger partial charge in [-0.3, -0.25) is 4.72 Å². The number of benzene rings is 2. The van der Waals surface area contributed by atoms with Crippen molar-refractivity contribution in [2.75, 3.05) is 4.72 Å². The number of terminal acetylenes is 1. The van der Waals surface area contributed by atoms with Crippen LogP contribution in [0.2, 0.25) is 5.02 Å². The summed E-state index contributed by atoms with van der Waals surface area (Å²) in [4.78, 5) is -0.555. The molecule has 0 bridgehead atoms. The minimum absolute atomic E-state index is 0.143. The summed E-state index contributed by atoms with van der Waals surface area (Å²) in [6.07, 6.45) is 0.453.